The van der Waals surface area contributed by atoms with Crippen molar-refractivity contribution in [3.05, 3.63) is 65.3 Å². The zero-order chi connectivity index (χ0) is 17.1. The minimum absolute atomic E-state index is 0.170. The molecule has 0 fully saturated rings. The molecule has 0 saturated carbocycles. The fourth-order valence-electron chi connectivity index (χ4n) is 3.13. The number of benzene rings is 1. The van der Waals surface area contributed by atoms with Crippen molar-refractivity contribution in [2.24, 2.45) is 5.73 Å². The molecule has 5 nitrogen and oxygen atoms in total. The number of nitrogens with two attached hydrogens (primary N) is 1. The van der Waals surface area contributed by atoms with Gasteiger partial charge in [0.1, 0.15) is 17.4 Å². The number of anilines is 1. The summed E-state index contributed by atoms with van der Waals surface area (Å²) in [6.45, 7) is 6.06. The summed E-state index contributed by atoms with van der Waals surface area (Å²) in [5.41, 5.74) is 9.47. The third kappa shape index (κ3) is 2.67. The predicted octanol–water partition coefficient (Wildman–Crippen LogP) is 3.15. The lowest BCUT2D eigenvalue weighted by molar-refractivity contribution is 0.393. The third-order valence-electron chi connectivity index (χ3n) is 4.37. The lowest BCUT2D eigenvalue weighted by Crippen LogP contribution is -2.24. The Balaban J connectivity index is 2.13. The molecule has 122 valence electrons. The van der Waals surface area contributed by atoms with Crippen molar-refractivity contribution in [1.29, 1.82) is 5.26 Å². The van der Waals surface area contributed by atoms with Gasteiger partial charge in [0.25, 0.3) is 0 Å². The van der Waals surface area contributed by atoms with Gasteiger partial charge in [-0.2, -0.15) is 5.26 Å². The summed E-state index contributed by atoms with van der Waals surface area (Å²) in [5, 5.41) is 9.55. The van der Waals surface area contributed by atoms with E-state index in [2.05, 4.69) is 35.9 Å². The number of hydrogen-bond donors (Lipinski definition) is 1. The predicted molar refractivity (Wildman–Crippen MR) is 93.5 cm³/mol. The van der Waals surface area contributed by atoms with E-state index in [1.807, 2.05) is 24.3 Å². The van der Waals surface area contributed by atoms with E-state index in [1.165, 1.54) is 0 Å². The molecule has 1 unspecified atom stereocenters. The zero-order valence-electron chi connectivity index (χ0n) is 13.9. The van der Waals surface area contributed by atoms with Gasteiger partial charge in [0.2, 0.25) is 5.88 Å². The lowest BCUT2D eigenvalue weighted by Gasteiger charge is -2.28. The first-order valence-electron chi connectivity index (χ1n) is 8.06. The Morgan fingerprint density at radius 3 is 2.54 bits per heavy atom. The van der Waals surface area contributed by atoms with Crippen LogP contribution in [0, 0.1) is 11.3 Å². The van der Waals surface area contributed by atoms with Crippen LogP contribution < -0.4 is 15.4 Å². The second kappa shape index (κ2) is 6.63. The Kier molecular flexibility index (Phi) is 4.39. The van der Waals surface area contributed by atoms with E-state index < -0.39 is 0 Å². The molecule has 0 saturated heterocycles. The molecular weight excluding hydrogens is 300 g/mol. The molecule has 3 rings (SSSR count). The molecule has 1 atom stereocenters. The topological polar surface area (TPSA) is 75.2 Å². The van der Waals surface area contributed by atoms with Gasteiger partial charge in [0.05, 0.1) is 5.92 Å². The number of allylic oxidation sites excluding steroid dienone is 1. The third-order valence-corrected chi connectivity index (χ3v) is 4.37. The average Bonchev–Trinajstić information content (AvgIpc) is 2.62. The first-order valence-corrected chi connectivity index (χ1v) is 8.06. The Morgan fingerprint density at radius 2 is 1.92 bits per heavy atom. The van der Waals surface area contributed by atoms with Crippen LogP contribution in [0.4, 0.5) is 5.69 Å². The molecule has 1 aliphatic rings. The van der Waals surface area contributed by atoms with Crippen molar-refractivity contribution >= 4 is 5.69 Å². The number of nitrogens with zero attached hydrogens (tertiary/aromatic N) is 3. The van der Waals surface area contributed by atoms with Crippen LogP contribution in [0.15, 0.2) is 54.2 Å². The monoisotopic (exact) mass is 320 g/mol. The molecule has 1 aromatic carbocycles. The van der Waals surface area contributed by atoms with Crippen LogP contribution in [0.5, 0.6) is 5.75 Å². The van der Waals surface area contributed by atoms with Crippen molar-refractivity contribution in [1.82, 2.24) is 4.98 Å². The first-order chi connectivity index (χ1) is 11.7. The largest absolute Gasteiger partial charge is 0.440 e. The maximum absolute atomic E-state index is 9.55. The van der Waals surface area contributed by atoms with Crippen molar-refractivity contribution in [3.8, 4) is 11.8 Å². The van der Waals surface area contributed by atoms with Crippen molar-refractivity contribution < 1.29 is 4.74 Å². The van der Waals surface area contributed by atoms with E-state index in [4.69, 9.17) is 10.5 Å². The second-order valence-electron chi connectivity index (χ2n) is 5.60. The fraction of sp³-hybridized carbons (Fsp3) is 0.263. The number of pyridine rings is 1. The molecule has 1 aromatic heterocycles. The Labute approximate surface area is 142 Å². The SMILES string of the molecule is CCN(CC)c1ccc2c(c1)OC(N)=C(C#N)C2c1ccncc1. The molecule has 0 radical (unpaired) electrons. The minimum atomic E-state index is -0.229. The van der Waals surface area contributed by atoms with Crippen LogP contribution in [0.1, 0.15) is 30.9 Å². The number of hydrogen-bond acceptors (Lipinski definition) is 5. The Bertz CT molecular complexity index is 804. The highest BCUT2D eigenvalue weighted by molar-refractivity contribution is 5.61. The lowest BCUT2D eigenvalue weighted by atomic mass is 9.84. The highest BCUT2D eigenvalue weighted by Gasteiger charge is 2.30. The van der Waals surface area contributed by atoms with Gasteiger partial charge in [-0.3, -0.25) is 4.98 Å². The molecule has 1 aliphatic heterocycles. The van der Waals surface area contributed by atoms with E-state index in [0.717, 1.165) is 29.9 Å². The van der Waals surface area contributed by atoms with Crippen LogP contribution in [-0.4, -0.2) is 18.1 Å². The summed E-state index contributed by atoms with van der Waals surface area (Å²) in [6, 6.07) is 12.1. The summed E-state index contributed by atoms with van der Waals surface area (Å²) in [6.07, 6.45) is 3.44. The maximum atomic E-state index is 9.55. The summed E-state index contributed by atoms with van der Waals surface area (Å²) in [7, 11) is 0. The van der Waals surface area contributed by atoms with E-state index in [1.54, 1.807) is 12.4 Å². The summed E-state index contributed by atoms with van der Waals surface area (Å²) in [5.74, 6) is 0.647. The number of fused-ring (bicyclic) bond motifs is 1. The van der Waals surface area contributed by atoms with Crippen molar-refractivity contribution in [2.45, 2.75) is 19.8 Å². The minimum Gasteiger partial charge on any atom is -0.440 e. The van der Waals surface area contributed by atoms with Crippen LogP contribution in [0.2, 0.25) is 0 Å². The van der Waals surface area contributed by atoms with Crippen LogP contribution in [0.25, 0.3) is 0 Å². The maximum Gasteiger partial charge on any atom is 0.205 e. The molecule has 0 aliphatic carbocycles. The smallest absolute Gasteiger partial charge is 0.205 e. The van der Waals surface area contributed by atoms with Crippen LogP contribution in [-0.2, 0) is 0 Å². The number of rotatable bonds is 4. The Hall–Kier alpha value is -3.00. The van der Waals surface area contributed by atoms with Crippen LogP contribution in [0.3, 0.4) is 0 Å². The van der Waals surface area contributed by atoms with Gasteiger partial charge >= 0.3 is 0 Å². The van der Waals surface area contributed by atoms with Gasteiger partial charge in [0.15, 0.2) is 0 Å². The number of aromatic nitrogens is 1. The van der Waals surface area contributed by atoms with Crippen molar-refractivity contribution in [3.63, 3.8) is 0 Å². The average molecular weight is 320 g/mol. The first kappa shape index (κ1) is 15.9. The van der Waals surface area contributed by atoms with Gasteiger partial charge in [0, 0.05) is 42.8 Å². The standard InChI is InChI=1S/C19H20N4O/c1-3-23(4-2)14-5-6-15-17(11-14)24-19(21)16(12-20)18(15)13-7-9-22-10-8-13/h5-11,18H,3-4,21H2,1-2H3. The van der Waals surface area contributed by atoms with Gasteiger partial charge < -0.3 is 15.4 Å². The highest BCUT2D eigenvalue weighted by Crippen LogP contribution is 2.43. The molecule has 24 heavy (non-hydrogen) atoms. The van der Waals surface area contributed by atoms with Gasteiger partial charge in [-0.1, -0.05) is 6.07 Å². The number of ether oxygens (including phenoxy) is 1. The van der Waals surface area contributed by atoms with Crippen LogP contribution >= 0.6 is 0 Å². The van der Waals surface area contributed by atoms with Gasteiger partial charge in [-0.15, -0.1) is 0 Å². The zero-order valence-corrected chi connectivity index (χ0v) is 13.9. The van der Waals surface area contributed by atoms with E-state index in [-0.39, 0.29) is 11.8 Å². The van der Waals surface area contributed by atoms with E-state index in [9.17, 15) is 5.26 Å². The molecule has 2 aromatic rings. The molecule has 0 amide bonds. The second-order valence-corrected chi connectivity index (χ2v) is 5.60. The highest BCUT2D eigenvalue weighted by atomic mass is 16.5. The summed E-state index contributed by atoms with van der Waals surface area (Å²) in [4.78, 5) is 6.30. The normalized spacial score (nSPS) is 16.1. The molecular formula is C19H20N4O. The van der Waals surface area contributed by atoms with E-state index in [0.29, 0.717) is 11.3 Å². The Morgan fingerprint density at radius 1 is 1.21 bits per heavy atom. The molecule has 2 N–H and O–H groups in total. The van der Waals surface area contributed by atoms with Gasteiger partial charge in [-0.05, 0) is 37.6 Å². The summed E-state index contributed by atoms with van der Waals surface area (Å²) >= 11 is 0. The molecule has 0 bridgehead atoms. The fourth-order valence-corrected chi connectivity index (χ4v) is 3.13. The summed E-state index contributed by atoms with van der Waals surface area (Å²) < 4.78 is 5.76. The number of nitriles is 1. The molecule has 0 spiro atoms. The molecule has 2 heterocycles. The van der Waals surface area contributed by atoms with Crippen molar-refractivity contribution in [2.75, 3.05) is 18.0 Å². The molecule has 5 heteroatoms. The van der Waals surface area contributed by atoms with Gasteiger partial charge in [-0.25, -0.2) is 0 Å². The van der Waals surface area contributed by atoms with E-state index >= 15 is 0 Å². The quantitative estimate of drug-likeness (QED) is 0.936.